The molecule has 0 radical (unpaired) electrons. The van der Waals surface area contributed by atoms with Gasteiger partial charge in [0.2, 0.25) is 0 Å². The van der Waals surface area contributed by atoms with Crippen LogP contribution in [-0.4, -0.2) is 17.8 Å². The standard InChI is InChI=1S/C67H64BN3/c1-63(2,3)50-33-35-57-54(42-50)64(4)36-16-17-37-65(64,5)70(57)52-43-59-61-60(44-52)71-62-53(67(49-27-14-9-15-28-49)39-19-18-38-66(67,71)6)30-21-31-56(62)68(61)55-34-32-48(46-24-12-8-13-25-46)41-58(55)69(59)51-29-20-26-47(40-51)45-22-10-7-11-23-45/h7-15,20-35,40-44H,16-19,36-39H2,1-6H3. The van der Waals surface area contributed by atoms with Crippen LogP contribution in [0.1, 0.15) is 115 Å². The highest BCUT2D eigenvalue weighted by Crippen LogP contribution is 2.66. The highest BCUT2D eigenvalue weighted by Gasteiger charge is 2.65. The van der Waals surface area contributed by atoms with Gasteiger partial charge in [-0.15, -0.1) is 0 Å². The Labute approximate surface area is 422 Å². The largest absolute Gasteiger partial charge is 0.335 e. The molecular weight excluding hydrogens is 858 g/mol. The fourth-order valence-corrected chi connectivity index (χ4v) is 15.6. The van der Waals surface area contributed by atoms with Crippen LogP contribution < -0.4 is 31.1 Å². The molecule has 71 heavy (non-hydrogen) atoms. The van der Waals surface area contributed by atoms with Crippen LogP contribution in [0.4, 0.5) is 39.8 Å². The summed E-state index contributed by atoms with van der Waals surface area (Å²) in [5.74, 6) is 0. The summed E-state index contributed by atoms with van der Waals surface area (Å²) in [4.78, 5) is 8.47. The first-order chi connectivity index (χ1) is 34.4. The summed E-state index contributed by atoms with van der Waals surface area (Å²) in [6, 6.07) is 70.7. The zero-order chi connectivity index (χ0) is 48.1. The van der Waals surface area contributed by atoms with Gasteiger partial charge in [0.05, 0.1) is 11.1 Å². The van der Waals surface area contributed by atoms with E-state index in [1.807, 2.05) is 0 Å². The van der Waals surface area contributed by atoms with Gasteiger partial charge in [-0.2, -0.15) is 0 Å². The summed E-state index contributed by atoms with van der Waals surface area (Å²) in [6.45, 7) is 15.0. The molecular formula is C67H64BN3. The molecule has 6 aliphatic rings. The van der Waals surface area contributed by atoms with Gasteiger partial charge in [0, 0.05) is 50.6 Å². The van der Waals surface area contributed by atoms with Gasteiger partial charge in [0.25, 0.3) is 6.71 Å². The number of hydrogen-bond donors (Lipinski definition) is 0. The number of hydrogen-bond acceptors (Lipinski definition) is 3. The van der Waals surface area contributed by atoms with Gasteiger partial charge in [-0.25, -0.2) is 0 Å². The first-order valence-electron chi connectivity index (χ1n) is 26.7. The molecule has 4 atom stereocenters. The van der Waals surface area contributed by atoms with Crippen LogP contribution in [0.15, 0.2) is 182 Å². The van der Waals surface area contributed by atoms with Gasteiger partial charge in [-0.3, -0.25) is 0 Å². The summed E-state index contributed by atoms with van der Waals surface area (Å²) in [7, 11) is 0. The third kappa shape index (κ3) is 5.74. The lowest BCUT2D eigenvalue weighted by atomic mass is 9.33. The topological polar surface area (TPSA) is 9.72 Å². The van der Waals surface area contributed by atoms with E-state index in [1.54, 1.807) is 0 Å². The molecule has 8 aromatic carbocycles. The predicted octanol–water partition coefficient (Wildman–Crippen LogP) is 15.4. The monoisotopic (exact) mass is 922 g/mol. The van der Waals surface area contributed by atoms with Crippen molar-refractivity contribution in [1.82, 2.24) is 0 Å². The van der Waals surface area contributed by atoms with Crippen molar-refractivity contribution in [3.63, 3.8) is 0 Å². The quantitative estimate of drug-likeness (QED) is 0.159. The van der Waals surface area contributed by atoms with Gasteiger partial charge >= 0.3 is 0 Å². The Morgan fingerprint density at radius 3 is 1.80 bits per heavy atom. The number of nitrogens with zero attached hydrogens (tertiary/aromatic N) is 3. The first kappa shape index (κ1) is 43.0. The summed E-state index contributed by atoms with van der Waals surface area (Å²) in [6.07, 6.45) is 9.52. The number of rotatable bonds is 5. The molecule has 0 bridgehead atoms. The summed E-state index contributed by atoms with van der Waals surface area (Å²) >= 11 is 0. The minimum Gasteiger partial charge on any atom is -0.335 e. The van der Waals surface area contributed by atoms with E-state index in [4.69, 9.17) is 0 Å². The van der Waals surface area contributed by atoms with Crippen molar-refractivity contribution in [2.45, 2.75) is 120 Å². The molecule has 2 saturated carbocycles. The molecule has 4 heteroatoms. The first-order valence-corrected chi connectivity index (χ1v) is 26.7. The average molecular weight is 922 g/mol. The Kier molecular flexibility index (Phi) is 9.17. The van der Waals surface area contributed by atoms with Gasteiger partial charge in [0.1, 0.15) is 0 Å². The number of fused-ring (bicyclic) bond motifs is 10. The Morgan fingerprint density at radius 2 is 1.07 bits per heavy atom. The molecule has 0 amide bonds. The fourth-order valence-electron chi connectivity index (χ4n) is 15.6. The highest BCUT2D eigenvalue weighted by molar-refractivity contribution is 7.00. The van der Waals surface area contributed by atoms with E-state index in [1.165, 1.54) is 133 Å². The highest BCUT2D eigenvalue weighted by atomic mass is 15.3. The normalized spacial score (nSPS) is 24.4. The summed E-state index contributed by atoms with van der Waals surface area (Å²) in [5, 5.41) is 0. The van der Waals surface area contributed by atoms with Crippen molar-refractivity contribution >= 4 is 62.9 Å². The Morgan fingerprint density at radius 1 is 0.437 bits per heavy atom. The third-order valence-electron chi connectivity index (χ3n) is 19.2. The van der Waals surface area contributed by atoms with Gasteiger partial charge in [-0.1, -0.05) is 199 Å². The minimum absolute atomic E-state index is 0.0103. The molecule has 0 aromatic heterocycles. The molecule has 3 nitrogen and oxygen atoms in total. The van der Waals surface area contributed by atoms with Crippen LogP contribution in [-0.2, 0) is 16.2 Å². The van der Waals surface area contributed by atoms with Crippen LogP contribution in [0.5, 0.6) is 0 Å². The van der Waals surface area contributed by atoms with E-state index >= 15 is 0 Å². The van der Waals surface area contributed by atoms with E-state index in [0.717, 1.165) is 19.3 Å². The van der Waals surface area contributed by atoms with E-state index in [-0.39, 0.29) is 34.0 Å². The van der Waals surface area contributed by atoms with E-state index in [9.17, 15) is 0 Å². The lowest BCUT2D eigenvalue weighted by Crippen LogP contribution is -2.65. The minimum atomic E-state index is -0.203. The van der Waals surface area contributed by atoms with Gasteiger partial charge < -0.3 is 14.7 Å². The third-order valence-corrected chi connectivity index (χ3v) is 19.2. The zero-order valence-electron chi connectivity index (χ0n) is 42.4. The maximum atomic E-state index is 2.94. The number of benzene rings is 8. The predicted molar refractivity (Wildman–Crippen MR) is 301 cm³/mol. The Hall–Kier alpha value is -6.78. The zero-order valence-corrected chi connectivity index (χ0v) is 42.4. The lowest BCUT2D eigenvalue weighted by molar-refractivity contribution is 0.194. The Balaban J connectivity index is 1.11. The molecule has 0 N–H and O–H groups in total. The van der Waals surface area contributed by atoms with Crippen LogP contribution in [0.3, 0.4) is 0 Å². The van der Waals surface area contributed by atoms with Gasteiger partial charge in [-0.05, 0) is 142 Å². The molecule has 0 spiro atoms. The van der Waals surface area contributed by atoms with E-state index in [2.05, 4.69) is 238 Å². The van der Waals surface area contributed by atoms with Crippen molar-refractivity contribution in [3.8, 4) is 22.3 Å². The lowest BCUT2D eigenvalue weighted by Gasteiger charge is -2.54. The van der Waals surface area contributed by atoms with Crippen LogP contribution in [0.25, 0.3) is 22.3 Å². The second-order valence-electron chi connectivity index (χ2n) is 23.7. The SMILES string of the molecule is CC(C)(C)c1ccc2c(c1)C1(C)CCCCC1(C)N2c1cc2c3c(c1)N1c4c(cccc4C4(c5ccccc5)CCCCC14C)B3c1ccc(-c3ccccc3)cc1N2c1cccc(-c2ccccc2)c1. The summed E-state index contributed by atoms with van der Waals surface area (Å²) < 4.78 is 0. The maximum Gasteiger partial charge on any atom is 0.252 e. The van der Waals surface area contributed by atoms with Crippen molar-refractivity contribution in [2.24, 2.45) is 0 Å². The second-order valence-corrected chi connectivity index (χ2v) is 23.7. The average Bonchev–Trinajstić information content (AvgIpc) is 3.78. The fraction of sp³-hybridized carbons (Fsp3) is 0.284. The smallest absolute Gasteiger partial charge is 0.252 e. The van der Waals surface area contributed by atoms with Crippen LogP contribution >= 0.6 is 0 Å². The van der Waals surface area contributed by atoms with E-state index in [0.29, 0.717) is 0 Å². The maximum absolute atomic E-state index is 2.94. The Bertz CT molecular complexity index is 3450. The van der Waals surface area contributed by atoms with Crippen molar-refractivity contribution in [3.05, 3.63) is 204 Å². The molecule has 8 aromatic rings. The molecule has 14 rings (SSSR count). The van der Waals surface area contributed by atoms with Crippen molar-refractivity contribution in [2.75, 3.05) is 14.7 Å². The number of para-hydroxylation sites is 1. The molecule has 2 fully saturated rings. The molecule has 2 aliphatic carbocycles. The molecule has 0 saturated heterocycles. The van der Waals surface area contributed by atoms with E-state index < -0.39 is 0 Å². The summed E-state index contributed by atoms with van der Waals surface area (Å²) in [5.41, 5.74) is 23.9. The molecule has 4 unspecified atom stereocenters. The second kappa shape index (κ2) is 15.1. The molecule has 4 heterocycles. The van der Waals surface area contributed by atoms with Crippen molar-refractivity contribution in [1.29, 1.82) is 0 Å². The van der Waals surface area contributed by atoms with Crippen LogP contribution in [0.2, 0.25) is 0 Å². The van der Waals surface area contributed by atoms with Crippen molar-refractivity contribution < 1.29 is 0 Å². The molecule has 350 valence electrons. The number of anilines is 7. The van der Waals surface area contributed by atoms with Gasteiger partial charge in [0.15, 0.2) is 0 Å². The molecule has 4 aliphatic heterocycles. The van der Waals surface area contributed by atoms with Crippen LogP contribution in [0, 0.1) is 0 Å².